The van der Waals surface area contributed by atoms with Crippen molar-refractivity contribution in [3.63, 3.8) is 0 Å². The van der Waals surface area contributed by atoms with E-state index in [9.17, 15) is 90.3 Å². The van der Waals surface area contributed by atoms with Crippen LogP contribution in [0.15, 0.2) is 244 Å². The quantitative estimate of drug-likeness (QED) is 0.0269. The van der Waals surface area contributed by atoms with E-state index in [0.29, 0.717) is 69.3 Å². The Balaban J connectivity index is 0.000000151. The number of halogens is 3. The number of nitrogens with one attached hydrogen (secondary N) is 5. The third-order valence-corrected chi connectivity index (χ3v) is 34.3. The van der Waals surface area contributed by atoms with Crippen LogP contribution >= 0.6 is 152 Å². The van der Waals surface area contributed by atoms with Crippen LogP contribution in [0, 0.1) is 34.6 Å². The van der Waals surface area contributed by atoms with Crippen molar-refractivity contribution in [3.8, 4) is 66.1 Å². The summed E-state index contributed by atoms with van der Waals surface area (Å²) in [6, 6.07) is 54.5. The van der Waals surface area contributed by atoms with E-state index in [1.54, 1.807) is 49.8 Å². The summed E-state index contributed by atoms with van der Waals surface area (Å²) in [6.07, 6.45) is 0.998. The molecular weight excluding hydrogens is 2050 g/mol. The van der Waals surface area contributed by atoms with Gasteiger partial charge in [0.2, 0.25) is 0 Å². The number of aromatic carboxylic acids is 5. The Bertz CT molecular complexity index is 7350. The molecule has 16 rings (SSSR count). The van der Waals surface area contributed by atoms with Crippen LogP contribution in [0.4, 0.5) is 25.0 Å². The molecule has 16 aromatic rings. The zero-order valence-electron chi connectivity index (χ0n) is 71.1. The van der Waals surface area contributed by atoms with Crippen LogP contribution in [0.5, 0.6) is 0 Å². The second-order valence-corrected chi connectivity index (χ2v) is 44.4. The Hall–Kier alpha value is -12.0. The SMILES string of the molecule is Cc1ccc(-c2csc(NC(=O)c3ccc(-c4ccccc4)s3)c2C(=O)O)cc1.Cc1ccc(-c2csc(NC(=O)c3ccsc3)c2C(=O)O)cc1.Cc1ccc(-c2csc(NC(=O)c3scc(S(=O)(=O)C(C)C)c3Cl)c2C(=O)O)cc1.Cc1ccc(-c2csc(NC(=O)c3scc(S(C)(=O)=O)c3Cl)c2C(=O)O)cc1.Cc1ccsc1C(=O)Nc1scc(-c2ccc(Br)cc2)c1C(=O)O. The average molecular weight is 2130 g/mol. The van der Waals surface area contributed by atoms with Crippen LogP contribution in [-0.4, -0.2) is 113 Å². The van der Waals surface area contributed by atoms with Crippen LogP contribution in [0.1, 0.15) is 142 Å². The molecular formula is C95H74BrCl2N5O19S12. The van der Waals surface area contributed by atoms with Gasteiger partial charge in [-0.05, 0) is 135 Å². The first-order chi connectivity index (χ1) is 63.7. The second-order valence-electron chi connectivity index (χ2n) is 29.4. The summed E-state index contributed by atoms with van der Waals surface area (Å²) in [5.41, 5.74) is 13.7. The lowest BCUT2D eigenvalue weighted by Crippen LogP contribution is -2.15. The Labute approximate surface area is 826 Å². The van der Waals surface area contributed by atoms with Crippen molar-refractivity contribution in [3.05, 3.63) is 325 Å². The van der Waals surface area contributed by atoms with Gasteiger partial charge in [-0.25, -0.2) is 40.8 Å². The molecule has 0 saturated heterocycles. The van der Waals surface area contributed by atoms with Crippen molar-refractivity contribution in [2.45, 2.75) is 63.5 Å². The zero-order valence-corrected chi connectivity index (χ0v) is 84.0. The first kappa shape index (κ1) is 101. The van der Waals surface area contributed by atoms with Gasteiger partial charge < -0.3 is 52.1 Å². The van der Waals surface area contributed by atoms with Crippen molar-refractivity contribution in [1.29, 1.82) is 0 Å². The monoisotopic (exact) mass is 2120 g/mol. The largest absolute Gasteiger partial charge is 0.478 e. The highest BCUT2D eigenvalue weighted by Crippen LogP contribution is 2.44. The van der Waals surface area contributed by atoms with Gasteiger partial charge in [0.05, 0.1) is 40.4 Å². The standard InChI is InChI=1S/C23H17NO3S2.C20H18ClNO5S3.C18H14ClNO5S3.C17H12BrNO3S2.C17H13NO3S2/c1-14-7-9-15(10-8-14)17-13-28-22(20(17)23(26)27)24-21(25)19-12-11-18(29-19)16-5-3-2-4-6-16;1-10(2)30(26,27)14-9-28-17(16(14)21)18(23)22-19-15(20(24)25)13(8-29-19)12-6-4-11(3)5-7-12;1-9-3-5-10(6-4-9)11-7-27-17(13(11)18(22)23)20-16(21)15-14(19)12(8-26-15)28(2,24)25;1-9-6-7-23-14(9)15(20)19-16-13(17(21)22)12(8-24-16)10-2-4-11(18)5-3-10;1-10-2-4-11(5-3-10)13-9-23-16(14(13)17(20)21)18-15(19)12-6-7-22-8-12/h2-13H,1H3,(H,24,25)(H,26,27);4-10H,1-3H3,(H,22,23)(H,24,25);3-8H,1-2H3,(H,20,21)(H,22,23);2-8H,1H3,(H,19,20)(H,21,22);2-9H,1H3,(H,18,19)(H,20,21). The van der Waals surface area contributed by atoms with Crippen molar-refractivity contribution in [2.24, 2.45) is 0 Å². The predicted molar refractivity (Wildman–Crippen MR) is 547 cm³/mol. The van der Waals surface area contributed by atoms with Crippen molar-refractivity contribution < 1.29 is 90.3 Å². The maximum absolute atomic E-state index is 12.7. The number of anilines is 5. The summed E-state index contributed by atoms with van der Waals surface area (Å²) >= 11 is 27.3. The molecule has 0 saturated carbocycles. The number of aryl methyl sites for hydroxylation is 5. The number of amides is 5. The molecule has 0 atom stereocenters. The molecule has 686 valence electrons. The average Bonchev–Trinajstić information content (AvgIpc) is 1.65. The topological polar surface area (TPSA) is 400 Å². The van der Waals surface area contributed by atoms with Crippen LogP contribution in [-0.2, 0) is 19.7 Å². The normalized spacial score (nSPS) is 11.0. The van der Waals surface area contributed by atoms with E-state index in [2.05, 4.69) is 42.5 Å². The van der Waals surface area contributed by atoms with Gasteiger partial charge in [0.1, 0.15) is 62.6 Å². The fraction of sp³-hybridized carbons (Fsp3) is 0.0947. The smallest absolute Gasteiger partial charge is 0.339 e. The van der Waals surface area contributed by atoms with Crippen LogP contribution in [0.3, 0.4) is 0 Å². The maximum atomic E-state index is 12.7. The van der Waals surface area contributed by atoms with Crippen LogP contribution < -0.4 is 26.6 Å². The van der Waals surface area contributed by atoms with Crippen molar-refractivity contribution in [1.82, 2.24) is 0 Å². The molecule has 0 aliphatic heterocycles. The fourth-order valence-electron chi connectivity index (χ4n) is 12.6. The highest BCUT2D eigenvalue weighted by molar-refractivity contribution is 9.10. The summed E-state index contributed by atoms with van der Waals surface area (Å²) in [5, 5.41) is 78.5. The molecule has 0 radical (unpaired) electrons. The summed E-state index contributed by atoms with van der Waals surface area (Å²) < 4.78 is 49.1. The number of carbonyl (C=O) groups excluding carboxylic acids is 5. The van der Waals surface area contributed by atoms with Gasteiger partial charge in [-0.1, -0.05) is 201 Å². The number of carboxylic acids is 5. The third kappa shape index (κ3) is 24.2. The predicted octanol–water partition coefficient (Wildman–Crippen LogP) is 27.0. The van der Waals surface area contributed by atoms with E-state index in [1.165, 1.54) is 92.6 Å². The Morgan fingerprint density at radius 2 is 0.672 bits per heavy atom. The summed E-state index contributed by atoms with van der Waals surface area (Å²) in [5.74, 6) is -7.75. The minimum Gasteiger partial charge on any atom is -0.478 e. The van der Waals surface area contributed by atoms with Crippen LogP contribution in [0.25, 0.3) is 66.1 Å². The number of hydrogen-bond acceptors (Lipinski definition) is 24. The van der Waals surface area contributed by atoms with Gasteiger partial charge in [-0.15, -0.1) is 102 Å². The first-order valence-corrected chi connectivity index (χ1v) is 53.0. The number of carboxylic acid groups (broad SMARTS) is 5. The van der Waals surface area contributed by atoms with E-state index in [-0.39, 0.29) is 85.1 Å². The minimum absolute atomic E-state index is 0.00344. The van der Waals surface area contributed by atoms with Crippen molar-refractivity contribution >= 4 is 257 Å². The number of thiophene rings is 10. The number of hydrogen-bond donors (Lipinski definition) is 10. The maximum Gasteiger partial charge on any atom is 0.339 e. The Morgan fingerprint density at radius 1 is 0.343 bits per heavy atom. The molecule has 10 aromatic heterocycles. The summed E-state index contributed by atoms with van der Waals surface area (Å²) in [7, 11) is -7.21. The van der Waals surface area contributed by atoms with E-state index < -0.39 is 66.6 Å². The molecule has 134 heavy (non-hydrogen) atoms. The molecule has 0 aliphatic carbocycles. The number of rotatable bonds is 24. The molecule has 10 N–H and O–H groups in total. The lowest BCUT2D eigenvalue weighted by Gasteiger charge is -2.07. The van der Waals surface area contributed by atoms with E-state index >= 15 is 0 Å². The number of sulfone groups is 2. The second kappa shape index (κ2) is 44.4. The third-order valence-electron chi connectivity index (χ3n) is 19.6. The summed E-state index contributed by atoms with van der Waals surface area (Å²) in [6.45, 7) is 12.7. The highest BCUT2D eigenvalue weighted by atomic mass is 79.9. The lowest BCUT2D eigenvalue weighted by molar-refractivity contribution is 0.0688. The molecule has 0 spiro atoms. The minimum atomic E-state index is -3.64. The van der Waals surface area contributed by atoms with Gasteiger partial charge in [0.25, 0.3) is 29.5 Å². The molecule has 6 aromatic carbocycles. The molecule has 10 heterocycles. The number of benzene rings is 6. The molecule has 5 amide bonds. The molecule has 0 unspecified atom stereocenters. The van der Waals surface area contributed by atoms with Crippen molar-refractivity contribution in [2.75, 3.05) is 32.8 Å². The van der Waals surface area contributed by atoms with Gasteiger partial charge in [0, 0.05) is 86.5 Å². The molecule has 24 nitrogen and oxygen atoms in total. The molecule has 0 bridgehead atoms. The fourth-order valence-corrected chi connectivity index (χ4v) is 25.8. The Morgan fingerprint density at radius 3 is 0.985 bits per heavy atom. The van der Waals surface area contributed by atoms with Crippen LogP contribution in [0.2, 0.25) is 10.0 Å². The zero-order chi connectivity index (χ0) is 96.9. The first-order valence-electron chi connectivity index (χ1n) is 39.2. The summed E-state index contributed by atoms with van der Waals surface area (Å²) in [4.78, 5) is 123. The van der Waals surface area contributed by atoms with Gasteiger partial charge in [-0.2, -0.15) is 11.3 Å². The van der Waals surface area contributed by atoms with Gasteiger partial charge >= 0.3 is 29.8 Å². The van der Waals surface area contributed by atoms with E-state index in [1.807, 2.05) is 204 Å². The molecule has 39 heteroatoms. The lowest BCUT2D eigenvalue weighted by atomic mass is 10.0. The number of carbonyl (C=O) groups is 10. The van der Waals surface area contributed by atoms with Gasteiger partial charge in [-0.3, -0.25) is 24.0 Å². The van der Waals surface area contributed by atoms with E-state index in [0.717, 1.165) is 111 Å². The molecule has 0 fully saturated rings. The molecule has 0 aliphatic rings. The van der Waals surface area contributed by atoms with Gasteiger partial charge in [0.15, 0.2) is 19.7 Å². The highest BCUT2D eigenvalue weighted by Gasteiger charge is 2.33. The van der Waals surface area contributed by atoms with E-state index in [4.69, 9.17) is 23.2 Å². The Kier molecular flexibility index (Phi) is 33.5.